The third kappa shape index (κ3) is 2.19. The van der Waals surface area contributed by atoms with Gasteiger partial charge >= 0.3 is 0 Å². The first kappa shape index (κ1) is 15.2. The number of halogens is 1. The van der Waals surface area contributed by atoms with Gasteiger partial charge in [0.15, 0.2) is 0 Å². The number of hydrogen-bond acceptors (Lipinski definition) is 5. The van der Waals surface area contributed by atoms with Crippen LogP contribution in [0.25, 0.3) is 10.9 Å². The molecule has 2 radical (unpaired) electrons. The van der Waals surface area contributed by atoms with Crippen molar-refractivity contribution in [3.8, 4) is 0 Å². The van der Waals surface area contributed by atoms with Crippen LogP contribution >= 0.6 is 0 Å². The molecule has 116 valence electrons. The summed E-state index contributed by atoms with van der Waals surface area (Å²) < 4.78 is 14.4. The first-order valence-electron chi connectivity index (χ1n) is 6.86. The topological polar surface area (TPSA) is 107 Å². The highest BCUT2D eigenvalue weighted by molar-refractivity contribution is 6.28. The summed E-state index contributed by atoms with van der Waals surface area (Å²) in [5.74, 6) is -1.75. The predicted molar refractivity (Wildman–Crippen MR) is 81.2 cm³/mol. The van der Waals surface area contributed by atoms with Crippen molar-refractivity contribution in [2.75, 3.05) is 5.73 Å². The highest BCUT2D eigenvalue weighted by Crippen LogP contribution is 2.25. The van der Waals surface area contributed by atoms with E-state index in [-0.39, 0.29) is 35.3 Å². The monoisotopic (exact) mass is 314 g/mol. The van der Waals surface area contributed by atoms with Crippen LogP contribution in [0, 0.1) is 12.7 Å². The Morgan fingerprint density at radius 2 is 2.09 bits per heavy atom. The Morgan fingerprint density at radius 1 is 1.39 bits per heavy atom. The summed E-state index contributed by atoms with van der Waals surface area (Å²) in [4.78, 5) is 40.4. The second kappa shape index (κ2) is 4.90. The van der Waals surface area contributed by atoms with E-state index < -0.39 is 28.6 Å². The molecule has 1 saturated heterocycles. The molecule has 3 rings (SSSR count). The molecule has 2 amide bonds. The van der Waals surface area contributed by atoms with E-state index in [0.717, 1.165) is 16.7 Å². The maximum Gasteiger partial charge on any atom is 0.263 e. The van der Waals surface area contributed by atoms with E-state index in [4.69, 9.17) is 13.6 Å². The number of carbonyl (C=O) groups is 2. The van der Waals surface area contributed by atoms with Crippen molar-refractivity contribution >= 4 is 36.3 Å². The van der Waals surface area contributed by atoms with Crippen molar-refractivity contribution in [2.45, 2.75) is 25.2 Å². The van der Waals surface area contributed by atoms with Gasteiger partial charge in [-0.2, -0.15) is 0 Å². The highest BCUT2D eigenvalue weighted by atomic mass is 19.1. The summed E-state index contributed by atoms with van der Waals surface area (Å²) in [5, 5.41) is 2.09. The zero-order valence-electron chi connectivity index (χ0n) is 12.2. The number of fused-ring (bicyclic) bond motifs is 1. The van der Waals surface area contributed by atoms with Gasteiger partial charge in [0.25, 0.3) is 5.56 Å². The van der Waals surface area contributed by atoms with E-state index >= 15 is 0 Å². The number of imide groups is 1. The number of aryl methyl sites for hydroxylation is 1. The Hall–Kier alpha value is -2.71. The van der Waals surface area contributed by atoms with Crippen molar-refractivity contribution in [1.29, 1.82) is 0 Å². The zero-order valence-corrected chi connectivity index (χ0v) is 12.2. The van der Waals surface area contributed by atoms with Crippen LogP contribution in [0.2, 0.25) is 0 Å². The van der Waals surface area contributed by atoms with Crippen LogP contribution in [0.5, 0.6) is 0 Å². The molecule has 9 heteroatoms. The first-order chi connectivity index (χ1) is 10.7. The minimum Gasteiger partial charge on any atom is -0.398 e. The lowest BCUT2D eigenvalue weighted by atomic mass is 9.71. The molecule has 1 aromatic carbocycles. The van der Waals surface area contributed by atoms with E-state index in [0.29, 0.717) is 0 Å². The molecule has 1 aliphatic rings. The van der Waals surface area contributed by atoms with Gasteiger partial charge in [0.2, 0.25) is 11.8 Å². The van der Waals surface area contributed by atoms with Gasteiger partial charge < -0.3 is 5.73 Å². The van der Waals surface area contributed by atoms with Gasteiger partial charge in [-0.05, 0) is 19.4 Å². The highest BCUT2D eigenvalue weighted by Gasteiger charge is 2.41. The van der Waals surface area contributed by atoms with Crippen molar-refractivity contribution in [2.24, 2.45) is 0 Å². The number of aromatic nitrogens is 2. The van der Waals surface area contributed by atoms with Crippen LogP contribution in [-0.4, -0.2) is 29.2 Å². The summed E-state index contributed by atoms with van der Waals surface area (Å²) in [6.45, 7) is 1.47. The number of benzene rings is 1. The van der Waals surface area contributed by atoms with Crippen LogP contribution in [0.1, 0.15) is 18.7 Å². The van der Waals surface area contributed by atoms with Crippen molar-refractivity contribution in [1.82, 2.24) is 14.9 Å². The number of piperidine rings is 1. The second-order valence-corrected chi connectivity index (χ2v) is 5.49. The van der Waals surface area contributed by atoms with Crippen LogP contribution in [0.15, 0.2) is 16.9 Å². The molecule has 1 unspecified atom stereocenters. The van der Waals surface area contributed by atoms with Crippen LogP contribution in [-0.2, 0) is 15.0 Å². The molecule has 7 nitrogen and oxygen atoms in total. The molecule has 0 aliphatic carbocycles. The fourth-order valence-corrected chi connectivity index (χ4v) is 2.82. The average molecular weight is 314 g/mol. The normalized spacial score (nSPS) is 21.5. The van der Waals surface area contributed by atoms with Crippen molar-refractivity contribution < 1.29 is 14.0 Å². The minimum atomic E-state index is -1.75. The zero-order chi connectivity index (χ0) is 16.9. The molecule has 1 fully saturated rings. The smallest absolute Gasteiger partial charge is 0.263 e. The lowest BCUT2D eigenvalue weighted by Gasteiger charge is -2.35. The van der Waals surface area contributed by atoms with Gasteiger partial charge in [-0.3, -0.25) is 24.3 Å². The molecule has 0 saturated carbocycles. The Morgan fingerprint density at radius 3 is 2.74 bits per heavy atom. The summed E-state index contributed by atoms with van der Waals surface area (Å²) in [5.41, 5.74) is 3.29. The SMILES string of the molecule is [B]C1(n2c(C)nc3cc(F)cc(N)c3c2=O)CCC(=O)NC1=O. The lowest BCUT2D eigenvalue weighted by Crippen LogP contribution is -2.58. The molecule has 1 atom stereocenters. The van der Waals surface area contributed by atoms with E-state index in [1.54, 1.807) is 0 Å². The number of nitrogens with zero attached hydrogens (tertiary/aromatic N) is 2. The van der Waals surface area contributed by atoms with E-state index in [9.17, 15) is 18.8 Å². The summed E-state index contributed by atoms with van der Waals surface area (Å²) >= 11 is 0. The van der Waals surface area contributed by atoms with Crippen molar-refractivity contribution in [3.05, 3.63) is 34.1 Å². The Labute approximate surface area is 131 Å². The van der Waals surface area contributed by atoms with Gasteiger partial charge in [0.05, 0.1) is 16.3 Å². The van der Waals surface area contributed by atoms with Crippen LogP contribution in [0.4, 0.5) is 10.1 Å². The number of nitrogens with two attached hydrogens (primary N) is 1. The Bertz CT molecular complexity index is 926. The minimum absolute atomic E-state index is 0.00887. The Kier molecular flexibility index (Phi) is 3.24. The molecule has 23 heavy (non-hydrogen) atoms. The third-order valence-corrected chi connectivity index (χ3v) is 3.91. The van der Waals surface area contributed by atoms with Gasteiger partial charge in [-0.1, -0.05) is 0 Å². The fourth-order valence-electron chi connectivity index (χ4n) is 2.82. The number of amides is 2. The molecular weight excluding hydrogens is 302 g/mol. The molecule has 1 aliphatic heterocycles. The first-order valence-corrected chi connectivity index (χ1v) is 6.86. The Balaban J connectivity index is 2.33. The number of nitrogens with one attached hydrogen (secondary N) is 1. The third-order valence-electron chi connectivity index (χ3n) is 3.91. The quantitative estimate of drug-likeness (QED) is 0.426. The van der Waals surface area contributed by atoms with E-state index in [2.05, 4.69) is 10.3 Å². The molecule has 0 spiro atoms. The van der Waals surface area contributed by atoms with E-state index in [1.807, 2.05) is 0 Å². The maximum atomic E-state index is 13.4. The lowest BCUT2D eigenvalue weighted by molar-refractivity contribution is -0.137. The molecule has 2 aromatic rings. The predicted octanol–water partition coefficient (Wildman–Crippen LogP) is -0.316. The van der Waals surface area contributed by atoms with Gasteiger partial charge in [-0.25, -0.2) is 9.37 Å². The summed E-state index contributed by atoms with van der Waals surface area (Å²) in [6.07, 6.45) is -0.0578. The van der Waals surface area contributed by atoms with Crippen LogP contribution < -0.4 is 16.6 Å². The number of carbonyl (C=O) groups excluding carboxylic acids is 2. The number of nitrogen functional groups attached to an aromatic ring is 1. The van der Waals surface area contributed by atoms with Gasteiger partial charge in [-0.15, -0.1) is 0 Å². The van der Waals surface area contributed by atoms with Gasteiger partial charge in [0.1, 0.15) is 19.5 Å². The largest absolute Gasteiger partial charge is 0.398 e. The fraction of sp³-hybridized carbons (Fsp3) is 0.286. The molecule has 0 bridgehead atoms. The second-order valence-electron chi connectivity index (χ2n) is 5.49. The number of anilines is 1. The van der Waals surface area contributed by atoms with Gasteiger partial charge in [0, 0.05) is 18.2 Å². The molecule has 2 heterocycles. The van der Waals surface area contributed by atoms with E-state index in [1.165, 1.54) is 6.92 Å². The average Bonchev–Trinajstić information content (AvgIpc) is 2.42. The summed E-state index contributed by atoms with van der Waals surface area (Å²) in [6, 6.07) is 2.08. The van der Waals surface area contributed by atoms with Crippen LogP contribution in [0.3, 0.4) is 0 Å². The standard InChI is InChI=1S/C14H12BFN4O3/c1-6-18-9-5-7(16)4-8(17)11(9)12(22)20(6)14(15)3-2-10(21)19-13(14)23/h4-5H,2-3,17H2,1H3,(H,19,21,23). The number of hydrogen-bond donors (Lipinski definition) is 2. The van der Waals surface area contributed by atoms with Crippen molar-refractivity contribution in [3.63, 3.8) is 0 Å². The number of rotatable bonds is 1. The molecule has 3 N–H and O–H groups in total. The maximum absolute atomic E-state index is 13.4. The molecule has 1 aromatic heterocycles. The molecular formula is C14H12BFN4O3. The summed E-state index contributed by atoms with van der Waals surface area (Å²) in [7, 11) is 6.10.